The van der Waals surface area contributed by atoms with Gasteiger partial charge in [0, 0.05) is 12.7 Å². The molecule has 1 atom stereocenters. The molecule has 0 bridgehead atoms. The third-order valence-electron chi connectivity index (χ3n) is 2.82. The Morgan fingerprint density at radius 2 is 1.89 bits per heavy atom. The van der Waals surface area contributed by atoms with E-state index < -0.39 is 6.10 Å². The Hall–Kier alpha value is -2.14. The van der Waals surface area contributed by atoms with E-state index in [1.165, 1.54) is 0 Å². The largest absolute Gasteiger partial charge is 0.508 e. The molecule has 1 heterocycles. The van der Waals surface area contributed by atoms with Crippen LogP contribution in [-0.2, 0) is 0 Å². The number of anilines is 1. The van der Waals surface area contributed by atoms with Crippen molar-refractivity contribution in [2.24, 2.45) is 0 Å². The second-order valence-electron chi connectivity index (χ2n) is 4.43. The van der Waals surface area contributed by atoms with Crippen molar-refractivity contribution in [2.45, 2.75) is 20.0 Å². The number of phenols is 1. The lowest BCUT2D eigenvalue weighted by Crippen LogP contribution is -2.14. The van der Waals surface area contributed by atoms with Crippen LogP contribution in [0.5, 0.6) is 5.75 Å². The van der Waals surface area contributed by atoms with Gasteiger partial charge in [0.25, 0.3) is 0 Å². The van der Waals surface area contributed by atoms with Crippen molar-refractivity contribution in [3.63, 3.8) is 0 Å². The number of phenolic OH excluding ortho intramolecular Hbond substituents is 1. The van der Waals surface area contributed by atoms with Gasteiger partial charge in [-0.2, -0.15) is 0 Å². The molecule has 2 rings (SSSR count). The number of hydrogen-bond donors (Lipinski definition) is 3. The van der Waals surface area contributed by atoms with E-state index in [0.717, 1.165) is 17.0 Å². The highest BCUT2D eigenvalue weighted by molar-refractivity contribution is 5.40. The number of nitrogens with one attached hydrogen (secondary N) is 1. The molecule has 3 N–H and O–H groups in total. The van der Waals surface area contributed by atoms with Gasteiger partial charge < -0.3 is 15.5 Å². The lowest BCUT2D eigenvalue weighted by molar-refractivity contribution is 0.191. The van der Waals surface area contributed by atoms with E-state index in [1.807, 2.05) is 13.8 Å². The molecule has 0 saturated carbocycles. The summed E-state index contributed by atoms with van der Waals surface area (Å²) in [6.45, 7) is 4.07. The average Bonchev–Trinajstić information content (AvgIpc) is 2.40. The zero-order valence-electron chi connectivity index (χ0n) is 11.0. The number of hydrogen-bond acceptors (Lipinski definition) is 5. The van der Waals surface area contributed by atoms with Gasteiger partial charge in [-0.05, 0) is 31.5 Å². The minimum atomic E-state index is -0.665. The molecule has 5 heteroatoms. The van der Waals surface area contributed by atoms with E-state index in [2.05, 4.69) is 15.3 Å². The molecule has 0 radical (unpaired) electrons. The summed E-state index contributed by atoms with van der Waals surface area (Å²) in [7, 11) is 0. The lowest BCUT2D eigenvalue weighted by atomic mass is 10.1. The number of aromatic nitrogens is 2. The summed E-state index contributed by atoms with van der Waals surface area (Å²) in [5, 5.41) is 22.3. The van der Waals surface area contributed by atoms with Gasteiger partial charge in [-0.3, -0.25) is 4.98 Å². The first kappa shape index (κ1) is 13.3. The van der Waals surface area contributed by atoms with Crippen molar-refractivity contribution >= 4 is 5.82 Å². The third-order valence-corrected chi connectivity index (χ3v) is 2.82. The monoisotopic (exact) mass is 259 g/mol. The second-order valence-corrected chi connectivity index (χ2v) is 4.43. The van der Waals surface area contributed by atoms with Crippen LogP contribution in [0.1, 0.15) is 23.1 Å². The van der Waals surface area contributed by atoms with Crippen molar-refractivity contribution in [2.75, 3.05) is 11.9 Å². The average molecular weight is 259 g/mol. The maximum absolute atomic E-state index is 10.0. The minimum absolute atomic E-state index is 0.185. The summed E-state index contributed by atoms with van der Waals surface area (Å²) in [5.41, 5.74) is 2.36. The zero-order valence-corrected chi connectivity index (χ0v) is 11.0. The SMILES string of the molecule is Cc1cnc(C)c(NCC(O)c2ccc(O)cc2)n1. The molecule has 0 aliphatic carbocycles. The normalized spacial score (nSPS) is 12.2. The Kier molecular flexibility index (Phi) is 3.97. The fourth-order valence-electron chi connectivity index (χ4n) is 1.71. The highest BCUT2D eigenvalue weighted by Crippen LogP contribution is 2.18. The first-order chi connectivity index (χ1) is 9.06. The van der Waals surface area contributed by atoms with E-state index in [0.29, 0.717) is 12.4 Å². The van der Waals surface area contributed by atoms with Gasteiger partial charge in [-0.15, -0.1) is 0 Å². The van der Waals surface area contributed by atoms with Gasteiger partial charge in [-0.25, -0.2) is 4.98 Å². The second kappa shape index (κ2) is 5.67. The Balaban J connectivity index is 2.02. The first-order valence-corrected chi connectivity index (χ1v) is 6.07. The fraction of sp³-hybridized carbons (Fsp3) is 0.286. The van der Waals surface area contributed by atoms with Crippen molar-refractivity contribution in [3.8, 4) is 5.75 Å². The fourth-order valence-corrected chi connectivity index (χ4v) is 1.71. The quantitative estimate of drug-likeness (QED) is 0.782. The lowest BCUT2D eigenvalue weighted by Gasteiger charge is -2.14. The topological polar surface area (TPSA) is 78.3 Å². The molecule has 0 spiro atoms. The third kappa shape index (κ3) is 3.42. The highest BCUT2D eigenvalue weighted by Gasteiger charge is 2.09. The predicted molar refractivity (Wildman–Crippen MR) is 73.1 cm³/mol. The highest BCUT2D eigenvalue weighted by atomic mass is 16.3. The number of rotatable bonds is 4. The molecule has 0 amide bonds. The van der Waals surface area contributed by atoms with Gasteiger partial charge in [0.05, 0.1) is 17.5 Å². The van der Waals surface area contributed by atoms with Crippen LogP contribution >= 0.6 is 0 Å². The van der Waals surface area contributed by atoms with Gasteiger partial charge >= 0.3 is 0 Å². The molecule has 1 aromatic carbocycles. The van der Waals surface area contributed by atoms with Gasteiger partial charge in [0.15, 0.2) is 0 Å². The molecule has 1 unspecified atom stereocenters. The summed E-state index contributed by atoms with van der Waals surface area (Å²) < 4.78 is 0. The molecule has 2 aromatic rings. The summed E-state index contributed by atoms with van der Waals surface area (Å²) in [6, 6.07) is 6.49. The Morgan fingerprint density at radius 1 is 1.21 bits per heavy atom. The number of aromatic hydroxyl groups is 1. The summed E-state index contributed by atoms with van der Waals surface area (Å²) >= 11 is 0. The molecule has 0 aliphatic heterocycles. The molecule has 0 fully saturated rings. The minimum Gasteiger partial charge on any atom is -0.508 e. The van der Waals surface area contributed by atoms with Gasteiger partial charge in [0.2, 0.25) is 0 Å². The zero-order chi connectivity index (χ0) is 13.8. The predicted octanol–water partition coefficient (Wildman–Crippen LogP) is 1.94. The van der Waals surface area contributed by atoms with Crippen LogP contribution in [0.15, 0.2) is 30.5 Å². The Bertz CT molecular complexity index is 555. The van der Waals surface area contributed by atoms with Crippen LogP contribution in [0.25, 0.3) is 0 Å². The molecule has 1 aromatic heterocycles. The summed E-state index contributed by atoms with van der Waals surface area (Å²) in [6.07, 6.45) is 1.04. The van der Waals surface area contributed by atoms with E-state index in [-0.39, 0.29) is 5.75 Å². The van der Waals surface area contributed by atoms with Crippen molar-refractivity contribution in [1.82, 2.24) is 9.97 Å². The molecule has 5 nitrogen and oxygen atoms in total. The molecule has 0 saturated heterocycles. The summed E-state index contributed by atoms with van der Waals surface area (Å²) in [5.74, 6) is 0.863. The van der Waals surface area contributed by atoms with E-state index in [1.54, 1.807) is 30.5 Å². The van der Waals surface area contributed by atoms with Crippen LogP contribution in [0.2, 0.25) is 0 Å². The van der Waals surface area contributed by atoms with Crippen molar-refractivity contribution in [3.05, 3.63) is 47.4 Å². The van der Waals surface area contributed by atoms with Crippen molar-refractivity contribution in [1.29, 1.82) is 0 Å². The van der Waals surface area contributed by atoms with Gasteiger partial charge in [0.1, 0.15) is 11.6 Å². The van der Waals surface area contributed by atoms with Crippen molar-refractivity contribution < 1.29 is 10.2 Å². The molecule has 19 heavy (non-hydrogen) atoms. The summed E-state index contributed by atoms with van der Waals surface area (Å²) in [4.78, 5) is 8.53. The Morgan fingerprint density at radius 3 is 2.58 bits per heavy atom. The van der Waals surface area contributed by atoms with Gasteiger partial charge in [-0.1, -0.05) is 12.1 Å². The smallest absolute Gasteiger partial charge is 0.147 e. The van der Waals surface area contributed by atoms with E-state index in [9.17, 15) is 10.2 Å². The molecule has 0 aliphatic rings. The maximum atomic E-state index is 10.0. The van der Waals surface area contributed by atoms with Crippen LogP contribution in [0, 0.1) is 13.8 Å². The first-order valence-electron chi connectivity index (χ1n) is 6.07. The Labute approximate surface area is 112 Å². The van der Waals surface area contributed by atoms with E-state index >= 15 is 0 Å². The number of benzene rings is 1. The van der Waals surface area contributed by atoms with Crippen LogP contribution in [0.3, 0.4) is 0 Å². The standard InChI is InChI=1S/C14H17N3O2/c1-9-7-15-10(2)14(17-9)16-8-13(19)11-3-5-12(18)6-4-11/h3-7,13,18-19H,8H2,1-2H3,(H,16,17). The number of aliphatic hydroxyl groups excluding tert-OH is 1. The number of aliphatic hydroxyl groups is 1. The van der Waals surface area contributed by atoms with Crippen LogP contribution in [-0.4, -0.2) is 26.7 Å². The molecular weight excluding hydrogens is 242 g/mol. The van der Waals surface area contributed by atoms with Crippen LogP contribution in [0.4, 0.5) is 5.82 Å². The molecule has 100 valence electrons. The number of aryl methyl sites for hydroxylation is 2. The number of nitrogens with zero attached hydrogens (tertiary/aromatic N) is 2. The maximum Gasteiger partial charge on any atom is 0.147 e. The van der Waals surface area contributed by atoms with Crippen LogP contribution < -0.4 is 5.32 Å². The molecular formula is C14H17N3O2. The van der Waals surface area contributed by atoms with E-state index in [4.69, 9.17) is 0 Å².